The van der Waals surface area contributed by atoms with E-state index in [9.17, 15) is 4.79 Å². The van der Waals surface area contributed by atoms with Gasteiger partial charge in [0.15, 0.2) is 5.69 Å². The number of amides is 1. The fourth-order valence-electron chi connectivity index (χ4n) is 1.31. The highest BCUT2D eigenvalue weighted by Gasteiger charge is 2.06. The summed E-state index contributed by atoms with van der Waals surface area (Å²) < 4.78 is 1.55. The molecule has 2 rings (SSSR count). The monoisotopic (exact) mass is 262 g/mol. The van der Waals surface area contributed by atoms with Crippen molar-refractivity contribution in [3.63, 3.8) is 0 Å². The lowest BCUT2D eigenvalue weighted by Gasteiger charge is -1.96. The fourth-order valence-corrected chi connectivity index (χ4v) is 1.43. The molecule has 5 nitrogen and oxygen atoms in total. The summed E-state index contributed by atoms with van der Waals surface area (Å²) in [7, 11) is 1.74. The number of nitrogens with zero attached hydrogens (tertiary/aromatic N) is 3. The lowest BCUT2D eigenvalue weighted by molar-refractivity contribution is 0.0949. The first-order valence-electron chi connectivity index (χ1n) is 5.24. The summed E-state index contributed by atoms with van der Waals surface area (Å²) in [4.78, 5) is 11.6. The molecule has 2 aromatic rings. The molecule has 0 aliphatic rings. The smallest absolute Gasteiger partial charge is 0.275 e. The van der Waals surface area contributed by atoms with E-state index in [1.165, 1.54) is 6.21 Å². The average Bonchev–Trinajstić information content (AvgIpc) is 2.78. The second-order valence-corrected chi connectivity index (χ2v) is 4.06. The number of rotatable bonds is 3. The zero-order valence-electron chi connectivity index (χ0n) is 9.67. The summed E-state index contributed by atoms with van der Waals surface area (Å²) in [5, 5.41) is 8.46. The highest BCUT2D eigenvalue weighted by Crippen LogP contribution is 2.07. The Hall–Kier alpha value is -2.14. The average molecular weight is 263 g/mol. The Morgan fingerprint density at radius 1 is 1.39 bits per heavy atom. The van der Waals surface area contributed by atoms with E-state index in [2.05, 4.69) is 15.6 Å². The number of hydrogen-bond acceptors (Lipinski definition) is 3. The molecule has 1 aromatic heterocycles. The van der Waals surface area contributed by atoms with Crippen LogP contribution in [0.1, 0.15) is 16.1 Å². The Balaban J connectivity index is 1.95. The number of hydrazone groups is 1. The summed E-state index contributed by atoms with van der Waals surface area (Å²) in [6, 6.07) is 8.73. The molecule has 0 saturated carbocycles. The van der Waals surface area contributed by atoms with Crippen molar-refractivity contribution in [1.82, 2.24) is 15.2 Å². The topological polar surface area (TPSA) is 59.3 Å². The third kappa shape index (κ3) is 3.18. The van der Waals surface area contributed by atoms with Gasteiger partial charge in [0.2, 0.25) is 0 Å². The van der Waals surface area contributed by atoms with Gasteiger partial charge in [-0.3, -0.25) is 9.48 Å². The lowest BCUT2D eigenvalue weighted by Crippen LogP contribution is -2.18. The maximum absolute atomic E-state index is 11.6. The minimum absolute atomic E-state index is 0.325. The summed E-state index contributed by atoms with van der Waals surface area (Å²) in [5.74, 6) is -0.346. The maximum atomic E-state index is 11.6. The molecule has 0 spiro atoms. The number of carbonyl (C=O) groups is 1. The van der Waals surface area contributed by atoms with Crippen molar-refractivity contribution in [3.05, 3.63) is 52.8 Å². The Kier molecular flexibility index (Phi) is 3.74. The summed E-state index contributed by atoms with van der Waals surface area (Å²) in [6.45, 7) is 0. The Morgan fingerprint density at radius 2 is 2.11 bits per heavy atom. The fraction of sp³-hybridized carbons (Fsp3) is 0.0833. The van der Waals surface area contributed by atoms with Crippen LogP contribution in [-0.2, 0) is 7.05 Å². The lowest BCUT2D eigenvalue weighted by atomic mass is 10.2. The van der Waals surface area contributed by atoms with E-state index < -0.39 is 0 Å². The molecular formula is C12H11ClN4O. The van der Waals surface area contributed by atoms with E-state index in [1.54, 1.807) is 48.3 Å². The number of aromatic nitrogens is 2. The van der Waals surface area contributed by atoms with Crippen LogP contribution in [0, 0.1) is 0 Å². The first-order chi connectivity index (χ1) is 8.65. The van der Waals surface area contributed by atoms with Crippen molar-refractivity contribution in [1.29, 1.82) is 0 Å². The molecule has 1 amide bonds. The van der Waals surface area contributed by atoms with Crippen LogP contribution >= 0.6 is 11.6 Å². The van der Waals surface area contributed by atoms with Gasteiger partial charge in [-0.1, -0.05) is 23.7 Å². The van der Waals surface area contributed by atoms with E-state index in [4.69, 9.17) is 11.6 Å². The molecule has 0 aliphatic heterocycles. The standard InChI is InChI=1S/C12H11ClN4O/c1-17-7-6-11(16-17)12(18)15-14-8-9-2-4-10(13)5-3-9/h2-8H,1H3,(H,15,18)/b14-8-. The molecular weight excluding hydrogens is 252 g/mol. The molecule has 1 heterocycles. The van der Waals surface area contributed by atoms with Crippen LogP contribution in [0.5, 0.6) is 0 Å². The number of carbonyl (C=O) groups excluding carboxylic acids is 1. The van der Waals surface area contributed by atoms with E-state index in [0.717, 1.165) is 5.56 Å². The van der Waals surface area contributed by atoms with Crippen molar-refractivity contribution in [2.75, 3.05) is 0 Å². The second-order valence-electron chi connectivity index (χ2n) is 3.63. The van der Waals surface area contributed by atoms with Crippen LogP contribution in [-0.4, -0.2) is 21.9 Å². The van der Waals surface area contributed by atoms with Crippen molar-refractivity contribution in [2.24, 2.45) is 12.1 Å². The first kappa shape index (κ1) is 12.3. The summed E-state index contributed by atoms with van der Waals surface area (Å²) in [6.07, 6.45) is 3.23. The largest absolute Gasteiger partial charge is 0.291 e. The van der Waals surface area contributed by atoms with Gasteiger partial charge in [0.1, 0.15) is 0 Å². The van der Waals surface area contributed by atoms with Crippen molar-refractivity contribution >= 4 is 23.7 Å². The van der Waals surface area contributed by atoms with E-state index in [0.29, 0.717) is 10.7 Å². The molecule has 18 heavy (non-hydrogen) atoms. The second kappa shape index (κ2) is 5.46. The zero-order valence-corrected chi connectivity index (χ0v) is 10.4. The van der Waals surface area contributed by atoms with Crippen LogP contribution in [0.2, 0.25) is 5.02 Å². The molecule has 0 fully saturated rings. The minimum atomic E-state index is -0.346. The van der Waals surface area contributed by atoms with Gasteiger partial charge in [-0.05, 0) is 23.8 Å². The molecule has 92 valence electrons. The maximum Gasteiger partial charge on any atom is 0.291 e. The number of halogens is 1. The normalized spacial score (nSPS) is 10.8. The Morgan fingerprint density at radius 3 is 2.72 bits per heavy atom. The zero-order chi connectivity index (χ0) is 13.0. The van der Waals surface area contributed by atoms with Crippen LogP contribution in [0.4, 0.5) is 0 Å². The third-order valence-corrected chi connectivity index (χ3v) is 2.45. The van der Waals surface area contributed by atoms with Crippen molar-refractivity contribution in [3.8, 4) is 0 Å². The van der Waals surface area contributed by atoms with Gasteiger partial charge in [0, 0.05) is 18.3 Å². The van der Waals surface area contributed by atoms with Crippen LogP contribution in [0.25, 0.3) is 0 Å². The van der Waals surface area contributed by atoms with Gasteiger partial charge in [-0.2, -0.15) is 10.2 Å². The van der Waals surface area contributed by atoms with Crippen molar-refractivity contribution < 1.29 is 4.79 Å². The molecule has 0 bridgehead atoms. The Labute approximate surface area is 109 Å². The van der Waals surface area contributed by atoms with Gasteiger partial charge in [-0.15, -0.1) is 0 Å². The SMILES string of the molecule is Cn1ccc(C(=O)N/N=C\c2ccc(Cl)cc2)n1. The summed E-state index contributed by atoms with van der Waals surface area (Å²) >= 11 is 5.75. The molecule has 6 heteroatoms. The highest BCUT2D eigenvalue weighted by atomic mass is 35.5. The van der Waals surface area contributed by atoms with Gasteiger partial charge in [0.25, 0.3) is 5.91 Å². The first-order valence-corrected chi connectivity index (χ1v) is 5.61. The quantitative estimate of drug-likeness (QED) is 0.678. The van der Waals surface area contributed by atoms with Crippen molar-refractivity contribution in [2.45, 2.75) is 0 Å². The Bertz CT molecular complexity index is 574. The molecule has 1 N–H and O–H groups in total. The van der Waals surface area contributed by atoms with Gasteiger partial charge in [0.05, 0.1) is 6.21 Å². The van der Waals surface area contributed by atoms with E-state index in [1.807, 2.05) is 0 Å². The molecule has 1 aromatic carbocycles. The molecule has 0 unspecified atom stereocenters. The number of nitrogens with one attached hydrogen (secondary N) is 1. The van der Waals surface area contributed by atoms with E-state index >= 15 is 0 Å². The van der Waals surface area contributed by atoms with Crippen LogP contribution < -0.4 is 5.43 Å². The summed E-state index contributed by atoms with van der Waals surface area (Å²) in [5.41, 5.74) is 3.57. The minimum Gasteiger partial charge on any atom is -0.275 e. The van der Waals surface area contributed by atoms with E-state index in [-0.39, 0.29) is 5.91 Å². The molecule has 0 saturated heterocycles. The number of aryl methyl sites for hydroxylation is 1. The van der Waals surface area contributed by atoms with Crippen LogP contribution in [0.15, 0.2) is 41.6 Å². The predicted molar refractivity (Wildman–Crippen MR) is 69.7 cm³/mol. The van der Waals surface area contributed by atoms with Crippen LogP contribution in [0.3, 0.4) is 0 Å². The molecule has 0 atom stereocenters. The van der Waals surface area contributed by atoms with Gasteiger partial charge >= 0.3 is 0 Å². The van der Waals surface area contributed by atoms with Gasteiger partial charge in [-0.25, -0.2) is 5.43 Å². The number of hydrogen-bond donors (Lipinski definition) is 1. The molecule has 0 radical (unpaired) electrons. The van der Waals surface area contributed by atoms with Gasteiger partial charge < -0.3 is 0 Å². The predicted octanol–water partition coefficient (Wildman–Crippen LogP) is 1.84. The third-order valence-electron chi connectivity index (χ3n) is 2.20. The molecule has 0 aliphatic carbocycles. The highest BCUT2D eigenvalue weighted by molar-refractivity contribution is 6.30. The number of benzene rings is 1.